The number of sulfone groups is 1. The molecule has 2 aliphatic rings. The molecule has 2 fully saturated rings. The molecule has 104 valence electrons. The lowest BCUT2D eigenvalue weighted by atomic mass is 10.2. The summed E-state index contributed by atoms with van der Waals surface area (Å²) in [5.41, 5.74) is 0. The number of carbonyl (C=O) groups is 1. The van der Waals surface area contributed by atoms with Gasteiger partial charge in [0.25, 0.3) is 0 Å². The van der Waals surface area contributed by atoms with Crippen molar-refractivity contribution < 1.29 is 13.2 Å². The second-order valence-corrected chi connectivity index (χ2v) is 8.88. The minimum Gasteiger partial charge on any atom is -0.338 e. The monoisotopic (exact) mass is 313 g/mol. The molecule has 0 aromatic carbocycles. The summed E-state index contributed by atoms with van der Waals surface area (Å²) >= 11 is 11.8. The molecule has 2 atom stereocenters. The van der Waals surface area contributed by atoms with Crippen LogP contribution in [0.25, 0.3) is 0 Å². The highest BCUT2D eigenvalue weighted by Gasteiger charge is 2.58. The van der Waals surface area contributed by atoms with Crippen molar-refractivity contribution in [1.82, 2.24) is 4.90 Å². The number of amides is 1. The minimum absolute atomic E-state index is 0.0725. The zero-order valence-corrected chi connectivity index (χ0v) is 12.6. The molecule has 0 bridgehead atoms. The van der Waals surface area contributed by atoms with Crippen molar-refractivity contribution >= 4 is 38.9 Å². The summed E-state index contributed by atoms with van der Waals surface area (Å²) in [5, 5.41) is 0. The molecule has 0 radical (unpaired) electrons. The number of carbonyl (C=O) groups excluding carboxylic acids is 1. The van der Waals surface area contributed by atoms with Gasteiger partial charge in [-0.15, -0.1) is 23.2 Å². The molecule has 1 saturated heterocycles. The average Bonchev–Trinajstić information content (AvgIpc) is 2.74. The van der Waals surface area contributed by atoms with Gasteiger partial charge < -0.3 is 4.90 Å². The second-order valence-electron chi connectivity index (χ2n) is 5.11. The van der Waals surface area contributed by atoms with E-state index >= 15 is 0 Å². The molecule has 4 nitrogen and oxygen atoms in total. The van der Waals surface area contributed by atoms with E-state index in [4.69, 9.17) is 23.2 Å². The van der Waals surface area contributed by atoms with E-state index in [1.165, 1.54) is 0 Å². The molecule has 0 aromatic rings. The van der Waals surface area contributed by atoms with Crippen LogP contribution in [-0.2, 0) is 14.6 Å². The van der Waals surface area contributed by atoms with Crippen LogP contribution < -0.4 is 0 Å². The summed E-state index contributed by atoms with van der Waals surface area (Å²) in [5.74, 6) is -0.217. The number of nitrogens with zero attached hydrogens (tertiary/aromatic N) is 1. The first-order valence-electron chi connectivity index (χ1n) is 6.15. The van der Waals surface area contributed by atoms with Crippen molar-refractivity contribution in [3.05, 3.63) is 0 Å². The standard InChI is InChI=1S/C11H17Cl2NO3S/c1-2-4-14(8-3-5-18(16,17)7-8)10(15)9-6-11(9,12)13/h8-9H,2-7H2,1H3. The molecule has 2 rings (SSSR count). The third-order valence-electron chi connectivity index (χ3n) is 3.52. The molecule has 1 aliphatic heterocycles. The Morgan fingerprint density at radius 1 is 1.44 bits per heavy atom. The van der Waals surface area contributed by atoms with Crippen molar-refractivity contribution in [1.29, 1.82) is 0 Å². The number of halogens is 2. The number of hydrogen-bond donors (Lipinski definition) is 0. The molecule has 1 aliphatic carbocycles. The lowest BCUT2D eigenvalue weighted by molar-refractivity contribution is -0.134. The van der Waals surface area contributed by atoms with E-state index in [1.807, 2.05) is 6.92 Å². The smallest absolute Gasteiger partial charge is 0.229 e. The van der Waals surface area contributed by atoms with Gasteiger partial charge in [-0.1, -0.05) is 6.92 Å². The van der Waals surface area contributed by atoms with Crippen molar-refractivity contribution in [2.45, 2.75) is 36.6 Å². The van der Waals surface area contributed by atoms with Crippen LogP contribution in [0.3, 0.4) is 0 Å². The van der Waals surface area contributed by atoms with E-state index in [0.29, 0.717) is 19.4 Å². The van der Waals surface area contributed by atoms with Crippen LogP contribution in [0.5, 0.6) is 0 Å². The van der Waals surface area contributed by atoms with Crippen LogP contribution in [0, 0.1) is 5.92 Å². The Labute approximate surface area is 118 Å². The molecule has 1 saturated carbocycles. The third-order valence-corrected chi connectivity index (χ3v) is 6.11. The fourth-order valence-electron chi connectivity index (χ4n) is 2.42. The van der Waals surface area contributed by atoms with Gasteiger partial charge in [-0.25, -0.2) is 8.42 Å². The summed E-state index contributed by atoms with van der Waals surface area (Å²) in [4.78, 5) is 13.9. The summed E-state index contributed by atoms with van der Waals surface area (Å²) in [7, 11) is -2.99. The van der Waals surface area contributed by atoms with Gasteiger partial charge in [0.1, 0.15) is 4.33 Å². The summed E-state index contributed by atoms with van der Waals surface area (Å²) < 4.78 is 22.0. The fraction of sp³-hybridized carbons (Fsp3) is 0.909. The van der Waals surface area contributed by atoms with E-state index in [0.717, 1.165) is 6.42 Å². The van der Waals surface area contributed by atoms with Crippen LogP contribution in [0.4, 0.5) is 0 Å². The quantitative estimate of drug-likeness (QED) is 0.741. The second kappa shape index (κ2) is 4.84. The number of hydrogen-bond acceptors (Lipinski definition) is 3. The first kappa shape index (κ1) is 14.4. The molecule has 18 heavy (non-hydrogen) atoms. The largest absolute Gasteiger partial charge is 0.338 e. The molecule has 2 unspecified atom stereocenters. The van der Waals surface area contributed by atoms with Gasteiger partial charge >= 0.3 is 0 Å². The molecule has 0 spiro atoms. The number of alkyl halides is 2. The van der Waals surface area contributed by atoms with Crippen molar-refractivity contribution in [3.63, 3.8) is 0 Å². The van der Waals surface area contributed by atoms with Gasteiger partial charge in [-0.05, 0) is 19.3 Å². The zero-order valence-electron chi connectivity index (χ0n) is 10.2. The summed E-state index contributed by atoms with van der Waals surface area (Å²) in [6.07, 6.45) is 1.79. The predicted octanol–water partition coefficient (Wildman–Crippen LogP) is 1.61. The highest BCUT2D eigenvalue weighted by Crippen LogP contribution is 2.54. The molecule has 1 amide bonds. The predicted molar refractivity (Wildman–Crippen MR) is 71.6 cm³/mol. The first-order valence-corrected chi connectivity index (χ1v) is 8.73. The van der Waals surface area contributed by atoms with E-state index in [1.54, 1.807) is 4.90 Å². The Kier molecular flexibility index (Phi) is 3.87. The maximum absolute atomic E-state index is 12.3. The number of rotatable bonds is 4. The minimum atomic E-state index is -2.99. The fourth-order valence-corrected chi connectivity index (χ4v) is 4.64. The Hall–Kier alpha value is -0.000000000000000111. The maximum Gasteiger partial charge on any atom is 0.229 e. The van der Waals surface area contributed by atoms with Crippen molar-refractivity contribution in [2.75, 3.05) is 18.1 Å². The maximum atomic E-state index is 12.3. The van der Waals surface area contributed by atoms with Gasteiger partial charge in [-0.3, -0.25) is 4.79 Å². The summed E-state index contributed by atoms with van der Waals surface area (Å²) in [6, 6.07) is -0.202. The van der Waals surface area contributed by atoms with Gasteiger partial charge in [0.2, 0.25) is 5.91 Å². The lowest BCUT2D eigenvalue weighted by Gasteiger charge is -2.28. The Bertz CT molecular complexity index is 449. The van der Waals surface area contributed by atoms with E-state index in [-0.39, 0.29) is 29.4 Å². The van der Waals surface area contributed by atoms with E-state index < -0.39 is 14.2 Å². The molecule has 1 heterocycles. The topological polar surface area (TPSA) is 54.5 Å². The molecular weight excluding hydrogens is 297 g/mol. The Balaban J connectivity index is 2.07. The van der Waals surface area contributed by atoms with Gasteiger partial charge in [-0.2, -0.15) is 0 Å². The zero-order chi connectivity index (χ0) is 13.6. The highest BCUT2D eigenvalue weighted by molar-refractivity contribution is 7.91. The van der Waals surface area contributed by atoms with E-state index in [9.17, 15) is 13.2 Å². The average molecular weight is 314 g/mol. The van der Waals surface area contributed by atoms with Gasteiger partial charge in [0, 0.05) is 12.6 Å². The summed E-state index contributed by atoms with van der Waals surface area (Å²) in [6.45, 7) is 2.53. The van der Waals surface area contributed by atoms with Crippen LogP contribution in [-0.4, -0.2) is 47.7 Å². The molecule has 0 N–H and O–H groups in total. The SMILES string of the molecule is CCCN(C(=O)C1CC1(Cl)Cl)C1CCS(=O)(=O)C1. The lowest BCUT2D eigenvalue weighted by Crippen LogP contribution is -2.43. The highest BCUT2D eigenvalue weighted by atomic mass is 35.5. The Morgan fingerprint density at radius 2 is 2.06 bits per heavy atom. The molecule has 7 heteroatoms. The first-order chi connectivity index (χ1) is 8.27. The van der Waals surface area contributed by atoms with E-state index in [2.05, 4.69) is 0 Å². The Morgan fingerprint density at radius 3 is 2.44 bits per heavy atom. The van der Waals surface area contributed by atoms with Crippen molar-refractivity contribution in [3.8, 4) is 0 Å². The van der Waals surface area contributed by atoms with Crippen LogP contribution in [0.1, 0.15) is 26.2 Å². The van der Waals surface area contributed by atoms with Crippen molar-refractivity contribution in [2.24, 2.45) is 5.92 Å². The normalized spacial score (nSPS) is 32.2. The van der Waals surface area contributed by atoms with Crippen LogP contribution in [0.2, 0.25) is 0 Å². The van der Waals surface area contributed by atoms with Crippen LogP contribution >= 0.6 is 23.2 Å². The molecular formula is C11H17Cl2NO3S. The van der Waals surface area contributed by atoms with Gasteiger partial charge in [0.15, 0.2) is 9.84 Å². The third kappa shape index (κ3) is 2.94. The van der Waals surface area contributed by atoms with Crippen LogP contribution in [0.15, 0.2) is 0 Å². The molecule has 0 aromatic heterocycles. The van der Waals surface area contributed by atoms with Gasteiger partial charge in [0.05, 0.1) is 17.4 Å².